The van der Waals surface area contributed by atoms with Crippen molar-refractivity contribution in [1.29, 1.82) is 0 Å². The largest absolute Gasteiger partial charge is 0.491 e. The molecule has 16 heavy (non-hydrogen) atoms. The number of benzene rings is 1. The maximum Gasteiger partial charge on any atom is 0.167 e. The predicted octanol–water partition coefficient (Wildman–Crippen LogP) is 3.53. The normalized spacial score (nSPS) is 10.8. The zero-order valence-corrected chi connectivity index (χ0v) is 10.2. The lowest BCUT2D eigenvalue weighted by atomic mass is 10.1. The molecule has 0 spiro atoms. The van der Waals surface area contributed by atoms with Crippen LogP contribution in [0.1, 0.15) is 32.3 Å². The molecule has 0 saturated carbocycles. The Bertz CT molecular complexity index is 350. The molecule has 0 radical (unpaired) electrons. The Labute approximate surface area is 96.6 Å². The van der Waals surface area contributed by atoms with E-state index in [1.807, 2.05) is 6.92 Å². The highest BCUT2D eigenvalue weighted by Gasteiger charge is 2.06. The van der Waals surface area contributed by atoms with Gasteiger partial charge in [0.2, 0.25) is 0 Å². The molecule has 0 aromatic heterocycles. The lowest BCUT2D eigenvalue weighted by Crippen LogP contribution is -2.02. The fourth-order valence-corrected chi connectivity index (χ4v) is 1.45. The summed E-state index contributed by atoms with van der Waals surface area (Å²) in [6.45, 7) is 6.72. The Morgan fingerprint density at radius 3 is 2.69 bits per heavy atom. The van der Waals surface area contributed by atoms with Gasteiger partial charge in [0, 0.05) is 11.8 Å². The summed E-state index contributed by atoms with van der Waals surface area (Å²) in [6, 6.07) is 2.97. The predicted molar refractivity (Wildman–Crippen MR) is 65.1 cm³/mol. The maximum atomic E-state index is 13.4. The van der Waals surface area contributed by atoms with Crippen molar-refractivity contribution in [1.82, 2.24) is 0 Å². The number of halogens is 1. The number of aryl methyl sites for hydroxylation is 1. The van der Waals surface area contributed by atoms with Crippen LogP contribution in [0.25, 0.3) is 0 Å². The molecule has 1 rings (SSSR count). The molecule has 0 heterocycles. The summed E-state index contributed by atoms with van der Waals surface area (Å²) in [7, 11) is 0. The van der Waals surface area contributed by atoms with Crippen LogP contribution in [-0.2, 0) is 0 Å². The number of ether oxygens (including phenoxy) is 1. The van der Waals surface area contributed by atoms with Gasteiger partial charge in [-0.15, -0.1) is 0 Å². The highest BCUT2D eigenvalue weighted by atomic mass is 19.1. The van der Waals surface area contributed by atoms with Crippen LogP contribution in [-0.4, -0.2) is 6.61 Å². The van der Waals surface area contributed by atoms with Crippen LogP contribution in [0.2, 0.25) is 0 Å². The molecule has 1 aromatic rings. The number of anilines is 1. The summed E-state index contributed by atoms with van der Waals surface area (Å²) < 4.78 is 18.8. The molecule has 0 atom stereocenters. The van der Waals surface area contributed by atoms with E-state index >= 15 is 0 Å². The van der Waals surface area contributed by atoms with Gasteiger partial charge in [-0.3, -0.25) is 0 Å². The Morgan fingerprint density at radius 1 is 1.38 bits per heavy atom. The van der Waals surface area contributed by atoms with Crippen molar-refractivity contribution in [2.24, 2.45) is 5.92 Å². The Morgan fingerprint density at radius 2 is 2.06 bits per heavy atom. The third-order valence-electron chi connectivity index (χ3n) is 2.50. The summed E-state index contributed by atoms with van der Waals surface area (Å²) in [5, 5.41) is 0. The molecule has 2 nitrogen and oxygen atoms in total. The summed E-state index contributed by atoms with van der Waals surface area (Å²) >= 11 is 0. The van der Waals surface area contributed by atoms with E-state index in [2.05, 4.69) is 13.8 Å². The zero-order valence-electron chi connectivity index (χ0n) is 10.2. The van der Waals surface area contributed by atoms with Crippen LogP contribution in [0.4, 0.5) is 10.1 Å². The first kappa shape index (κ1) is 12.8. The van der Waals surface area contributed by atoms with Gasteiger partial charge in [0.1, 0.15) is 0 Å². The van der Waals surface area contributed by atoms with Gasteiger partial charge in [-0.2, -0.15) is 0 Å². The monoisotopic (exact) mass is 225 g/mol. The molecule has 0 amide bonds. The molecule has 2 N–H and O–H groups in total. The van der Waals surface area contributed by atoms with Gasteiger partial charge in [0.05, 0.1) is 6.61 Å². The first-order chi connectivity index (χ1) is 7.50. The number of nitrogens with two attached hydrogens (primary N) is 1. The SMILES string of the molecule is Cc1cc(OCCCC(C)C)c(F)cc1N. The topological polar surface area (TPSA) is 35.2 Å². The van der Waals surface area contributed by atoms with E-state index in [4.69, 9.17) is 10.5 Å². The number of nitrogen functional groups attached to an aromatic ring is 1. The van der Waals surface area contributed by atoms with E-state index in [-0.39, 0.29) is 5.82 Å². The fourth-order valence-electron chi connectivity index (χ4n) is 1.45. The molecule has 0 fully saturated rings. The van der Waals surface area contributed by atoms with Crippen LogP contribution in [0.5, 0.6) is 5.75 Å². The van der Waals surface area contributed by atoms with Crippen molar-refractivity contribution in [3.63, 3.8) is 0 Å². The molecule has 0 aliphatic carbocycles. The van der Waals surface area contributed by atoms with Gasteiger partial charge in [-0.25, -0.2) is 4.39 Å². The van der Waals surface area contributed by atoms with Crippen LogP contribution in [0.3, 0.4) is 0 Å². The molecule has 90 valence electrons. The second-order valence-electron chi connectivity index (χ2n) is 4.52. The standard InChI is InChI=1S/C13H20FNO/c1-9(2)5-4-6-16-13-7-10(3)12(15)8-11(13)14/h7-9H,4-6,15H2,1-3H3. The molecule has 1 aromatic carbocycles. The molecule has 0 aliphatic rings. The highest BCUT2D eigenvalue weighted by molar-refractivity contribution is 5.50. The molecular formula is C13H20FNO. The molecule has 0 aliphatic heterocycles. The quantitative estimate of drug-likeness (QED) is 0.614. The van der Waals surface area contributed by atoms with E-state index in [0.29, 0.717) is 24.0 Å². The van der Waals surface area contributed by atoms with Crippen molar-refractivity contribution in [3.05, 3.63) is 23.5 Å². The van der Waals surface area contributed by atoms with Crippen molar-refractivity contribution < 1.29 is 9.13 Å². The van der Waals surface area contributed by atoms with Crippen LogP contribution < -0.4 is 10.5 Å². The van der Waals surface area contributed by atoms with Gasteiger partial charge in [-0.1, -0.05) is 13.8 Å². The third-order valence-corrected chi connectivity index (χ3v) is 2.50. The summed E-state index contributed by atoms with van der Waals surface area (Å²) in [4.78, 5) is 0. The van der Waals surface area contributed by atoms with Gasteiger partial charge in [-0.05, 0) is 37.3 Å². The van der Waals surface area contributed by atoms with Gasteiger partial charge < -0.3 is 10.5 Å². The number of rotatable bonds is 5. The van der Waals surface area contributed by atoms with Crippen LogP contribution in [0, 0.1) is 18.7 Å². The maximum absolute atomic E-state index is 13.4. The minimum atomic E-state index is -0.382. The minimum absolute atomic E-state index is 0.301. The van der Waals surface area contributed by atoms with Gasteiger partial charge in [0.25, 0.3) is 0 Å². The Balaban J connectivity index is 2.51. The fraction of sp³-hybridized carbons (Fsp3) is 0.538. The summed E-state index contributed by atoms with van der Waals surface area (Å²) in [5.74, 6) is 0.574. The minimum Gasteiger partial charge on any atom is -0.491 e. The number of hydrogen-bond acceptors (Lipinski definition) is 2. The van der Waals surface area contributed by atoms with E-state index < -0.39 is 0 Å². The Kier molecular flexibility index (Phi) is 4.59. The summed E-state index contributed by atoms with van der Waals surface area (Å²) in [5.41, 5.74) is 6.90. The van der Waals surface area contributed by atoms with Crippen molar-refractivity contribution in [2.45, 2.75) is 33.6 Å². The van der Waals surface area contributed by atoms with Gasteiger partial charge >= 0.3 is 0 Å². The molecule has 0 unspecified atom stereocenters. The average molecular weight is 225 g/mol. The zero-order chi connectivity index (χ0) is 12.1. The molecule has 0 saturated heterocycles. The second kappa shape index (κ2) is 5.73. The van der Waals surface area contributed by atoms with Crippen LogP contribution >= 0.6 is 0 Å². The molecular weight excluding hydrogens is 205 g/mol. The van der Waals surface area contributed by atoms with Gasteiger partial charge in [0.15, 0.2) is 11.6 Å². The van der Waals surface area contributed by atoms with E-state index in [1.165, 1.54) is 6.07 Å². The van der Waals surface area contributed by atoms with E-state index in [0.717, 1.165) is 18.4 Å². The first-order valence-corrected chi connectivity index (χ1v) is 5.69. The third kappa shape index (κ3) is 3.72. The molecule has 3 heteroatoms. The second-order valence-corrected chi connectivity index (χ2v) is 4.52. The lowest BCUT2D eigenvalue weighted by Gasteiger charge is -2.10. The summed E-state index contributed by atoms with van der Waals surface area (Å²) in [6.07, 6.45) is 2.04. The average Bonchev–Trinajstić information content (AvgIpc) is 2.19. The highest BCUT2D eigenvalue weighted by Crippen LogP contribution is 2.23. The Hall–Kier alpha value is -1.25. The molecule has 0 bridgehead atoms. The first-order valence-electron chi connectivity index (χ1n) is 5.69. The smallest absolute Gasteiger partial charge is 0.167 e. The number of hydrogen-bond donors (Lipinski definition) is 1. The van der Waals surface area contributed by atoms with Crippen molar-refractivity contribution >= 4 is 5.69 Å². The van der Waals surface area contributed by atoms with Crippen molar-refractivity contribution in [2.75, 3.05) is 12.3 Å². The van der Waals surface area contributed by atoms with E-state index in [1.54, 1.807) is 6.07 Å². The lowest BCUT2D eigenvalue weighted by molar-refractivity contribution is 0.284. The van der Waals surface area contributed by atoms with Crippen molar-refractivity contribution in [3.8, 4) is 5.75 Å². The van der Waals surface area contributed by atoms with E-state index in [9.17, 15) is 4.39 Å². The van der Waals surface area contributed by atoms with Crippen LogP contribution in [0.15, 0.2) is 12.1 Å².